The van der Waals surface area contributed by atoms with Crippen molar-refractivity contribution in [3.63, 3.8) is 0 Å². The van der Waals surface area contributed by atoms with Crippen molar-refractivity contribution >= 4 is 10.0 Å². The third kappa shape index (κ3) is 3.18. The van der Waals surface area contributed by atoms with Gasteiger partial charge in [0, 0.05) is 5.41 Å². The summed E-state index contributed by atoms with van der Waals surface area (Å²) in [5.74, 6) is 0. The van der Waals surface area contributed by atoms with Gasteiger partial charge in [-0.1, -0.05) is 78.4 Å². The fourth-order valence-electron chi connectivity index (χ4n) is 4.56. The Bertz CT molecular complexity index is 1120. The molecular weight excluding hydrogens is 394 g/mol. The summed E-state index contributed by atoms with van der Waals surface area (Å²) in [6, 6.07) is 26.8. The summed E-state index contributed by atoms with van der Waals surface area (Å²) < 4.78 is 35.3. The molecule has 1 saturated heterocycles. The largest absolute Gasteiger partial charge is 0.357 e. The number of hydrogen-bond acceptors (Lipinski definition) is 3. The van der Waals surface area contributed by atoms with E-state index < -0.39 is 16.3 Å². The van der Waals surface area contributed by atoms with Crippen molar-refractivity contribution in [3.05, 3.63) is 102 Å². The molecule has 1 aliphatic heterocycles. The van der Waals surface area contributed by atoms with E-state index in [2.05, 4.69) is 0 Å². The number of aryl methyl sites for hydroxylation is 1. The summed E-state index contributed by atoms with van der Waals surface area (Å²) in [6.07, 6.45) is 1.51. The quantitative estimate of drug-likeness (QED) is 0.561. The molecule has 2 fully saturated rings. The Labute approximate surface area is 178 Å². The Balaban J connectivity index is 1.51. The van der Waals surface area contributed by atoms with Crippen LogP contribution in [-0.2, 0) is 21.4 Å². The van der Waals surface area contributed by atoms with Crippen molar-refractivity contribution in [1.82, 2.24) is 4.31 Å². The summed E-state index contributed by atoms with van der Waals surface area (Å²) >= 11 is 0. The van der Waals surface area contributed by atoms with E-state index in [0.717, 1.165) is 29.5 Å². The summed E-state index contributed by atoms with van der Waals surface area (Å²) in [7, 11) is -3.69. The average molecular weight is 420 g/mol. The lowest BCUT2D eigenvalue weighted by atomic mass is 9.80. The molecule has 1 aliphatic carbocycles. The molecule has 2 aliphatic rings. The van der Waals surface area contributed by atoms with Gasteiger partial charge in [0.2, 0.25) is 10.0 Å². The average Bonchev–Trinajstić information content (AvgIpc) is 3.57. The minimum Gasteiger partial charge on any atom is -0.357 e. The van der Waals surface area contributed by atoms with Gasteiger partial charge < -0.3 is 4.74 Å². The van der Waals surface area contributed by atoms with Crippen LogP contribution in [0.3, 0.4) is 0 Å². The number of hydrogen-bond donors (Lipinski definition) is 0. The van der Waals surface area contributed by atoms with Gasteiger partial charge in [0.15, 0.2) is 0 Å². The Morgan fingerprint density at radius 2 is 1.50 bits per heavy atom. The molecular formula is C25H25NO3S. The first-order valence-electron chi connectivity index (χ1n) is 10.3. The summed E-state index contributed by atoms with van der Waals surface area (Å²) in [5, 5.41) is 0. The molecule has 0 aromatic heterocycles. The zero-order valence-electron chi connectivity index (χ0n) is 16.9. The molecule has 0 radical (unpaired) electrons. The number of benzene rings is 3. The molecule has 4 nitrogen and oxygen atoms in total. The van der Waals surface area contributed by atoms with E-state index in [0.29, 0.717) is 11.5 Å². The third-order valence-electron chi connectivity index (χ3n) is 6.31. The van der Waals surface area contributed by atoms with Gasteiger partial charge in [-0.2, -0.15) is 4.31 Å². The normalized spacial score (nSPS) is 22.6. The predicted octanol–water partition coefficient (Wildman–Crippen LogP) is 5.06. The zero-order chi connectivity index (χ0) is 20.8. The second-order valence-electron chi connectivity index (χ2n) is 8.34. The standard InChI is InChI=1S/C25H25NO3S/c1-19-12-14-22(15-13-19)30(27,28)26-23(21-10-6-3-7-11-21)25(16-17-25)24(26)29-18-20-8-4-2-5-9-20/h2-15,23-24H,16-18H2,1H3/t23-,24-/m0/s1. The highest BCUT2D eigenvalue weighted by atomic mass is 32.2. The van der Waals surface area contributed by atoms with Crippen LogP contribution in [0.25, 0.3) is 0 Å². The smallest absolute Gasteiger partial charge is 0.245 e. The Kier molecular flexibility index (Phi) is 4.77. The maximum atomic E-state index is 13.7. The highest BCUT2D eigenvalue weighted by molar-refractivity contribution is 7.89. The van der Waals surface area contributed by atoms with Gasteiger partial charge in [0.25, 0.3) is 0 Å². The molecule has 1 spiro atoms. The Hall–Kier alpha value is -2.47. The van der Waals surface area contributed by atoms with E-state index in [4.69, 9.17) is 4.74 Å². The molecule has 5 rings (SSSR count). The Morgan fingerprint density at radius 1 is 0.900 bits per heavy atom. The van der Waals surface area contributed by atoms with Gasteiger partial charge in [0.1, 0.15) is 6.23 Å². The van der Waals surface area contributed by atoms with Gasteiger partial charge in [-0.05, 0) is 43.0 Å². The predicted molar refractivity (Wildman–Crippen MR) is 116 cm³/mol. The minimum atomic E-state index is -3.69. The van der Waals surface area contributed by atoms with E-state index in [9.17, 15) is 8.42 Å². The molecule has 1 saturated carbocycles. The van der Waals surface area contributed by atoms with Crippen molar-refractivity contribution < 1.29 is 13.2 Å². The molecule has 0 bridgehead atoms. The van der Waals surface area contributed by atoms with Crippen LogP contribution in [0.2, 0.25) is 0 Å². The fraction of sp³-hybridized carbons (Fsp3) is 0.280. The van der Waals surface area contributed by atoms with E-state index in [1.807, 2.05) is 79.7 Å². The van der Waals surface area contributed by atoms with Crippen molar-refractivity contribution in [2.45, 2.75) is 43.5 Å². The van der Waals surface area contributed by atoms with Gasteiger partial charge in [-0.3, -0.25) is 0 Å². The van der Waals surface area contributed by atoms with Crippen LogP contribution in [0.4, 0.5) is 0 Å². The SMILES string of the molecule is Cc1ccc(S(=O)(=O)N2[C@@H](OCc3ccccc3)C3(CC3)[C@@H]2c2ccccc2)cc1. The summed E-state index contributed by atoms with van der Waals surface area (Å²) in [5.41, 5.74) is 2.98. The van der Waals surface area contributed by atoms with E-state index in [1.165, 1.54) is 0 Å². The molecule has 0 N–H and O–H groups in total. The molecule has 2 atom stereocenters. The molecule has 5 heteroatoms. The minimum absolute atomic E-state index is 0.131. The van der Waals surface area contributed by atoms with E-state index >= 15 is 0 Å². The number of nitrogens with zero attached hydrogens (tertiary/aromatic N) is 1. The van der Waals surface area contributed by atoms with Gasteiger partial charge in [-0.15, -0.1) is 0 Å². The van der Waals surface area contributed by atoms with Crippen LogP contribution in [0, 0.1) is 12.3 Å². The second-order valence-corrected chi connectivity index (χ2v) is 10.2. The van der Waals surface area contributed by atoms with Crippen molar-refractivity contribution in [2.24, 2.45) is 5.41 Å². The van der Waals surface area contributed by atoms with Crippen molar-refractivity contribution in [1.29, 1.82) is 0 Å². The molecule has 3 aromatic carbocycles. The second kappa shape index (κ2) is 7.34. The van der Waals surface area contributed by atoms with Gasteiger partial charge in [0.05, 0.1) is 17.5 Å². The van der Waals surface area contributed by atoms with Gasteiger partial charge >= 0.3 is 0 Å². The van der Waals surface area contributed by atoms with Crippen LogP contribution >= 0.6 is 0 Å². The highest BCUT2D eigenvalue weighted by Gasteiger charge is 2.72. The molecule has 0 amide bonds. The lowest BCUT2D eigenvalue weighted by molar-refractivity contribution is -0.184. The molecule has 3 aromatic rings. The first-order valence-corrected chi connectivity index (χ1v) is 11.8. The van der Waals surface area contributed by atoms with Crippen LogP contribution in [0.15, 0.2) is 89.8 Å². The van der Waals surface area contributed by atoms with Crippen LogP contribution in [0.1, 0.15) is 35.6 Å². The molecule has 154 valence electrons. The topological polar surface area (TPSA) is 46.6 Å². The van der Waals surface area contributed by atoms with Gasteiger partial charge in [-0.25, -0.2) is 8.42 Å². The van der Waals surface area contributed by atoms with Crippen LogP contribution < -0.4 is 0 Å². The lowest BCUT2D eigenvalue weighted by Gasteiger charge is -2.54. The summed E-state index contributed by atoms with van der Waals surface area (Å²) in [6.45, 7) is 2.35. The number of sulfonamides is 1. The van der Waals surface area contributed by atoms with Crippen LogP contribution in [-0.4, -0.2) is 19.0 Å². The molecule has 1 heterocycles. The zero-order valence-corrected chi connectivity index (χ0v) is 17.8. The monoisotopic (exact) mass is 419 g/mol. The third-order valence-corrected chi connectivity index (χ3v) is 8.14. The molecule has 0 unspecified atom stereocenters. The lowest BCUT2D eigenvalue weighted by Crippen LogP contribution is -2.63. The first kappa shape index (κ1) is 19.5. The highest BCUT2D eigenvalue weighted by Crippen LogP contribution is 2.70. The molecule has 30 heavy (non-hydrogen) atoms. The Morgan fingerprint density at radius 3 is 2.10 bits per heavy atom. The maximum absolute atomic E-state index is 13.7. The fourth-order valence-corrected chi connectivity index (χ4v) is 6.42. The number of rotatable bonds is 6. The first-order chi connectivity index (χ1) is 14.5. The van der Waals surface area contributed by atoms with Crippen molar-refractivity contribution in [2.75, 3.05) is 0 Å². The maximum Gasteiger partial charge on any atom is 0.245 e. The van der Waals surface area contributed by atoms with Crippen LogP contribution in [0.5, 0.6) is 0 Å². The van der Waals surface area contributed by atoms with Crippen molar-refractivity contribution in [3.8, 4) is 0 Å². The van der Waals surface area contributed by atoms with E-state index in [-0.39, 0.29) is 11.5 Å². The number of ether oxygens (including phenoxy) is 1. The van der Waals surface area contributed by atoms with E-state index in [1.54, 1.807) is 16.4 Å². The summed E-state index contributed by atoms with van der Waals surface area (Å²) in [4.78, 5) is 0.317.